The molecule has 7 heteroatoms. The molecule has 0 aliphatic carbocycles. The highest BCUT2D eigenvalue weighted by molar-refractivity contribution is 7.99. The van der Waals surface area contributed by atoms with Crippen LogP contribution in [0, 0.1) is 0 Å². The van der Waals surface area contributed by atoms with Gasteiger partial charge in [0.25, 0.3) is 5.22 Å². The lowest BCUT2D eigenvalue weighted by Gasteiger charge is -2.26. The summed E-state index contributed by atoms with van der Waals surface area (Å²) in [4.78, 5) is 29.1. The minimum absolute atomic E-state index is 0.0955. The maximum Gasteiger partial charge on any atom is 0.335 e. The molecule has 6 nitrogen and oxygen atoms in total. The highest BCUT2D eigenvalue weighted by atomic mass is 32.2. The lowest BCUT2D eigenvalue weighted by molar-refractivity contribution is -0.129. The first kappa shape index (κ1) is 14.9. The van der Waals surface area contributed by atoms with Crippen molar-refractivity contribution in [2.24, 2.45) is 0 Å². The summed E-state index contributed by atoms with van der Waals surface area (Å²) in [7, 11) is 0. The van der Waals surface area contributed by atoms with Gasteiger partial charge in [-0.25, -0.2) is 9.78 Å². The van der Waals surface area contributed by atoms with E-state index in [2.05, 4.69) is 4.98 Å². The average molecular weight is 320 g/mol. The molecule has 0 bridgehead atoms. The van der Waals surface area contributed by atoms with E-state index in [1.54, 1.807) is 6.07 Å². The van der Waals surface area contributed by atoms with Crippen LogP contribution in [0.1, 0.15) is 29.6 Å². The number of carboxylic acids is 1. The Morgan fingerprint density at radius 3 is 2.77 bits per heavy atom. The van der Waals surface area contributed by atoms with Gasteiger partial charge in [-0.15, -0.1) is 0 Å². The van der Waals surface area contributed by atoms with Crippen molar-refractivity contribution in [2.75, 3.05) is 18.8 Å². The number of aromatic nitrogens is 1. The van der Waals surface area contributed by atoms with E-state index in [1.165, 1.54) is 30.3 Å². The summed E-state index contributed by atoms with van der Waals surface area (Å²) in [5.41, 5.74) is 1.19. The molecule has 0 radical (unpaired) electrons. The maximum atomic E-state index is 12.1. The molecule has 1 aromatic carbocycles. The molecule has 0 atom stereocenters. The Morgan fingerprint density at radius 2 is 2.05 bits per heavy atom. The van der Waals surface area contributed by atoms with Gasteiger partial charge in [0.15, 0.2) is 5.58 Å². The van der Waals surface area contributed by atoms with Crippen LogP contribution in [0.15, 0.2) is 27.8 Å². The Bertz CT molecular complexity index is 707. The Hall–Kier alpha value is -2.02. The van der Waals surface area contributed by atoms with Crippen LogP contribution in [-0.2, 0) is 4.79 Å². The number of oxazole rings is 1. The first-order valence-electron chi connectivity index (χ1n) is 7.18. The number of thioether (sulfide) groups is 1. The molecule has 116 valence electrons. The molecule has 1 aliphatic rings. The predicted molar refractivity (Wildman–Crippen MR) is 82.1 cm³/mol. The van der Waals surface area contributed by atoms with Gasteiger partial charge in [-0.3, -0.25) is 4.79 Å². The van der Waals surface area contributed by atoms with E-state index in [0.29, 0.717) is 22.1 Å². The van der Waals surface area contributed by atoms with Gasteiger partial charge in [0.05, 0.1) is 11.3 Å². The molecule has 3 rings (SSSR count). The van der Waals surface area contributed by atoms with Gasteiger partial charge in [-0.2, -0.15) is 0 Å². The zero-order valence-corrected chi connectivity index (χ0v) is 12.8. The molecule has 1 fully saturated rings. The number of carbonyl (C=O) groups excluding carboxylic acids is 1. The second-order valence-corrected chi connectivity index (χ2v) is 6.12. The third-order valence-corrected chi connectivity index (χ3v) is 4.46. The smallest absolute Gasteiger partial charge is 0.335 e. The standard InChI is InChI=1S/C15H16N2O4S/c18-13(17-6-2-1-3-7-17)9-22-15-16-11-8-10(14(19)20)4-5-12(11)21-15/h4-5,8H,1-3,6-7,9H2,(H,19,20). The molecule has 1 N–H and O–H groups in total. The third-order valence-electron chi connectivity index (χ3n) is 3.64. The minimum atomic E-state index is -1.00. The fraction of sp³-hybridized carbons (Fsp3) is 0.400. The Balaban J connectivity index is 1.66. The van der Waals surface area contributed by atoms with Crippen molar-refractivity contribution in [2.45, 2.75) is 24.5 Å². The van der Waals surface area contributed by atoms with Gasteiger partial charge in [0, 0.05) is 13.1 Å². The topological polar surface area (TPSA) is 83.6 Å². The fourth-order valence-electron chi connectivity index (χ4n) is 2.46. The van der Waals surface area contributed by atoms with Crippen LogP contribution in [0.3, 0.4) is 0 Å². The zero-order chi connectivity index (χ0) is 15.5. The molecule has 2 aromatic rings. The van der Waals surface area contributed by atoms with Crippen molar-refractivity contribution in [3.63, 3.8) is 0 Å². The lowest BCUT2D eigenvalue weighted by atomic mass is 10.1. The molecule has 2 heterocycles. The van der Waals surface area contributed by atoms with E-state index in [1.807, 2.05) is 4.90 Å². The molecule has 0 saturated carbocycles. The van der Waals surface area contributed by atoms with Crippen LogP contribution >= 0.6 is 11.8 Å². The molecule has 1 aromatic heterocycles. The largest absolute Gasteiger partial charge is 0.478 e. The number of hydrogen-bond donors (Lipinski definition) is 1. The number of rotatable bonds is 4. The van der Waals surface area contributed by atoms with E-state index in [4.69, 9.17) is 9.52 Å². The normalized spacial score (nSPS) is 15.2. The van der Waals surface area contributed by atoms with Crippen LogP contribution in [0.5, 0.6) is 0 Å². The summed E-state index contributed by atoms with van der Waals surface area (Å²) >= 11 is 1.25. The van der Waals surface area contributed by atoms with Gasteiger partial charge < -0.3 is 14.4 Å². The van der Waals surface area contributed by atoms with E-state index < -0.39 is 5.97 Å². The van der Waals surface area contributed by atoms with Crippen LogP contribution in [0.25, 0.3) is 11.1 Å². The number of benzene rings is 1. The van der Waals surface area contributed by atoms with E-state index in [0.717, 1.165) is 25.9 Å². The zero-order valence-electron chi connectivity index (χ0n) is 11.9. The number of aromatic carboxylic acids is 1. The van der Waals surface area contributed by atoms with Gasteiger partial charge >= 0.3 is 5.97 Å². The molecule has 1 aliphatic heterocycles. The van der Waals surface area contributed by atoms with Crippen molar-refractivity contribution in [3.8, 4) is 0 Å². The molecule has 0 spiro atoms. The maximum absolute atomic E-state index is 12.1. The quantitative estimate of drug-likeness (QED) is 0.872. The Kier molecular flexibility index (Phi) is 4.33. The van der Waals surface area contributed by atoms with E-state index >= 15 is 0 Å². The number of carbonyl (C=O) groups is 2. The average Bonchev–Trinajstić information content (AvgIpc) is 2.95. The number of likely N-dealkylation sites (tertiary alicyclic amines) is 1. The highest BCUT2D eigenvalue weighted by Gasteiger charge is 2.18. The van der Waals surface area contributed by atoms with Gasteiger partial charge in [0.1, 0.15) is 5.52 Å². The first-order chi connectivity index (χ1) is 10.6. The van der Waals surface area contributed by atoms with Crippen molar-refractivity contribution in [3.05, 3.63) is 23.8 Å². The summed E-state index contributed by atoms with van der Waals surface area (Å²) in [6, 6.07) is 4.53. The van der Waals surface area contributed by atoms with Crippen molar-refractivity contribution < 1.29 is 19.1 Å². The van der Waals surface area contributed by atoms with Gasteiger partial charge in [0.2, 0.25) is 5.91 Å². The van der Waals surface area contributed by atoms with E-state index in [-0.39, 0.29) is 11.5 Å². The first-order valence-corrected chi connectivity index (χ1v) is 8.16. The van der Waals surface area contributed by atoms with Crippen molar-refractivity contribution in [1.29, 1.82) is 0 Å². The second-order valence-electron chi connectivity index (χ2n) is 5.20. The van der Waals surface area contributed by atoms with E-state index in [9.17, 15) is 9.59 Å². The number of hydrogen-bond acceptors (Lipinski definition) is 5. The predicted octanol–water partition coefficient (Wildman–Crippen LogP) is 2.63. The fourth-order valence-corrected chi connectivity index (χ4v) is 3.20. The third kappa shape index (κ3) is 3.24. The second kappa shape index (κ2) is 6.39. The number of nitrogens with zero attached hydrogens (tertiary/aromatic N) is 2. The SMILES string of the molecule is O=C(O)c1ccc2oc(SCC(=O)N3CCCCC3)nc2c1. The molecular weight excluding hydrogens is 304 g/mol. The number of amides is 1. The van der Waals surface area contributed by atoms with Gasteiger partial charge in [-0.05, 0) is 37.5 Å². The molecule has 1 saturated heterocycles. The summed E-state index contributed by atoms with van der Waals surface area (Å²) < 4.78 is 5.53. The minimum Gasteiger partial charge on any atom is -0.478 e. The van der Waals surface area contributed by atoms with Crippen LogP contribution in [0.4, 0.5) is 0 Å². The number of fused-ring (bicyclic) bond motifs is 1. The summed E-state index contributed by atoms with van der Waals surface area (Å²) in [6.07, 6.45) is 3.32. The van der Waals surface area contributed by atoms with Crippen molar-refractivity contribution in [1.82, 2.24) is 9.88 Å². The Morgan fingerprint density at radius 1 is 1.27 bits per heavy atom. The summed E-state index contributed by atoms with van der Waals surface area (Å²) in [5.74, 6) is -0.615. The summed E-state index contributed by atoms with van der Waals surface area (Å²) in [5, 5.41) is 9.35. The molecule has 1 amide bonds. The summed E-state index contributed by atoms with van der Waals surface area (Å²) in [6.45, 7) is 1.66. The van der Waals surface area contributed by atoms with Crippen LogP contribution in [0.2, 0.25) is 0 Å². The highest BCUT2D eigenvalue weighted by Crippen LogP contribution is 2.25. The lowest BCUT2D eigenvalue weighted by Crippen LogP contribution is -2.36. The van der Waals surface area contributed by atoms with Crippen LogP contribution in [-0.4, -0.2) is 45.7 Å². The number of piperidine rings is 1. The molecule has 22 heavy (non-hydrogen) atoms. The van der Waals surface area contributed by atoms with Crippen LogP contribution < -0.4 is 0 Å². The molecular formula is C15H16N2O4S. The Labute approximate surface area is 131 Å². The molecule has 0 unspecified atom stereocenters. The van der Waals surface area contributed by atoms with Crippen molar-refractivity contribution >= 4 is 34.7 Å². The van der Waals surface area contributed by atoms with Gasteiger partial charge in [-0.1, -0.05) is 11.8 Å². The number of carboxylic acid groups (broad SMARTS) is 1. The monoisotopic (exact) mass is 320 g/mol.